The van der Waals surface area contributed by atoms with Crippen LogP contribution in [0.5, 0.6) is 0 Å². The zero-order chi connectivity index (χ0) is 11.1. The monoisotopic (exact) mass is 213 g/mol. The van der Waals surface area contributed by atoms with Gasteiger partial charge in [0, 0.05) is 24.0 Å². The summed E-state index contributed by atoms with van der Waals surface area (Å²) in [4.78, 5) is 4.48. The first kappa shape index (κ1) is 9.08. The Balaban J connectivity index is 2.21. The van der Waals surface area contributed by atoms with Gasteiger partial charge in [-0.15, -0.1) is 0 Å². The Bertz CT molecular complexity index is 649. The largest absolute Gasteiger partial charge is 0.222 e. The minimum absolute atomic E-state index is 0.818. The molecule has 0 spiro atoms. The molecule has 16 heavy (non-hydrogen) atoms. The van der Waals surface area contributed by atoms with Crippen LogP contribution in [0.2, 0.25) is 0 Å². The molecule has 3 aromatic rings. The first-order valence-corrected chi connectivity index (χ1v) is 5.08. The number of aryl methyl sites for hydroxylation is 2. The molecule has 0 saturated heterocycles. The molecule has 0 aromatic carbocycles. The fraction of sp³-hybridized carbons (Fsp3) is 0.182. The van der Waals surface area contributed by atoms with Crippen LogP contribution in [0.3, 0.4) is 0 Å². The third-order valence-corrected chi connectivity index (χ3v) is 2.47. The second-order valence-electron chi connectivity index (χ2n) is 3.76. The Hall–Kier alpha value is -2.17. The average molecular weight is 213 g/mol. The van der Waals surface area contributed by atoms with Gasteiger partial charge in [0.1, 0.15) is 0 Å². The van der Waals surface area contributed by atoms with E-state index in [0.29, 0.717) is 0 Å². The van der Waals surface area contributed by atoms with Crippen molar-refractivity contribution < 1.29 is 0 Å². The van der Waals surface area contributed by atoms with Gasteiger partial charge < -0.3 is 0 Å². The van der Waals surface area contributed by atoms with Gasteiger partial charge in [0.25, 0.3) is 0 Å². The second-order valence-corrected chi connectivity index (χ2v) is 3.76. The van der Waals surface area contributed by atoms with Gasteiger partial charge in [-0.05, 0) is 19.9 Å². The van der Waals surface area contributed by atoms with E-state index in [1.165, 1.54) is 0 Å². The molecule has 5 nitrogen and oxygen atoms in total. The fourth-order valence-electron chi connectivity index (χ4n) is 1.78. The standard InChI is InChI=1S/C11H11N5/c1-8-7-9(2)16(14-8)11-4-6-15-10(13-11)3-5-12-15/h3-7H,1-2H3. The lowest BCUT2D eigenvalue weighted by Gasteiger charge is -2.03. The van der Waals surface area contributed by atoms with Crippen LogP contribution in [0.15, 0.2) is 30.6 Å². The molecule has 3 aromatic heterocycles. The number of hydrogen-bond acceptors (Lipinski definition) is 3. The molecule has 80 valence electrons. The van der Waals surface area contributed by atoms with Crippen LogP contribution >= 0.6 is 0 Å². The van der Waals surface area contributed by atoms with Crippen LogP contribution in [-0.4, -0.2) is 24.4 Å². The van der Waals surface area contributed by atoms with Crippen LogP contribution in [-0.2, 0) is 0 Å². The van der Waals surface area contributed by atoms with Gasteiger partial charge in [-0.3, -0.25) is 0 Å². The summed E-state index contributed by atoms with van der Waals surface area (Å²) in [6.07, 6.45) is 3.61. The number of nitrogens with zero attached hydrogens (tertiary/aromatic N) is 5. The van der Waals surface area contributed by atoms with E-state index in [1.54, 1.807) is 10.7 Å². The van der Waals surface area contributed by atoms with Crippen molar-refractivity contribution in [3.05, 3.63) is 42.0 Å². The first-order chi connectivity index (χ1) is 7.74. The second kappa shape index (κ2) is 3.16. The van der Waals surface area contributed by atoms with Crippen molar-refractivity contribution in [1.29, 1.82) is 0 Å². The van der Waals surface area contributed by atoms with E-state index in [-0.39, 0.29) is 0 Å². The maximum atomic E-state index is 4.48. The molecule has 0 aliphatic heterocycles. The lowest BCUT2D eigenvalue weighted by atomic mass is 10.4. The molecule has 0 aliphatic rings. The van der Waals surface area contributed by atoms with Crippen LogP contribution < -0.4 is 0 Å². The molecule has 0 atom stereocenters. The minimum Gasteiger partial charge on any atom is -0.222 e. The quantitative estimate of drug-likeness (QED) is 0.616. The average Bonchev–Trinajstić information content (AvgIpc) is 2.83. The van der Waals surface area contributed by atoms with Crippen LogP contribution in [0.4, 0.5) is 0 Å². The van der Waals surface area contributed by atoms with Crippen molar-refractivity contribution in [3.63, 3.8) is 0 Å². The summed E-state index contributed by atoms with van der Waals surface area (Å²) in [6.45, 7) is 3.99. The maximum absolute atomic E-state index is 4.48. The summed E-state index contributed by atoms with van der Waals surface area (Å²) in [6, 6.07) is 5.80. The van der Waals surface area contributed by atoms with E-state index < -0.39 is 0 Å². The predicted molar refractivity (Wildman–Crippen MR) is 59.6 cm³/mol. The van der Waals surface area contributed by atoms with Gasteiger partial charge in [0.15, 0.2) is 11.5 Å². The van der Waals surface area contributed by atoms with Crippen molar-refractivity contribution in [2.24, 2.45) is 0 Å². The third kappa shape index (κ3) is 1.29. The normalized spacial score (nSPS) is 11.1. The smallest absolute Gasteiger partial charge is 0.157 e. The highest BCUT2D eigenvalue weighted by atomic mass is 15.3. The zero-order valence-electron chi connectivity index (χ0n) is 9.12. The van der Waals surface area contributed by atoms with Gasteiger partial charge >= 0.3 is 0 Å². The zero-order valence-corrected chi connectivity index (χ0v) is 9.12. The Morgan fingerprint density at radius 3 is 2.81 bits per heavy atom. The summed E-state index contributed by atoms with van der Waals surface area (Å²) in [5, 5.41) is 8.50. The minimum atomic E-state index is 0.818. The first-order valence-electron chi connectivity index (χ1n) is 5.08. The van der Waals surface area contributed by atoms with Crippen LogP contribution in [0.1, 0.15) is 11.4 Å². The molecule has 5 heteroatoms. The molecule has 3 rings (SSSR count). The molecule has 0 radical (unpaired) electrons. The number of rotatable bonds is 1. The molecule has 0 fully saturated rings. The van der Waals surface area contributed by atoms with Crippen molar-refractivity contribution in [3.8, 4) is 5.82 Å². The molecule has 0 bridgehead atoms. The highest BCUT2D eigenvalue weighted by molar-refractivity contribution is 5.40. The molecule has 0 aliphatic carbocycles. The van der Waals surface area contributed by atoms with Crippen LogP contribution in [0, 0.1) is 13.8 Å². The van der Waals surface area contributed by atoms with E-state index in [4.69, 9.17) is 0 Å². The van der Waals surface area contributed by atoms with Gasteiger partial charge in [-0.2, -0.15) is 10.2 Å². The Labute approximate surface area is 92.4 Å². The van der Waals surface area contributed by atoms with Crippen molar-refractivity contribution in [2.75, 3.05) is 0 Å². The number of aromatic nitrogens is 5. The highest BCUT2D eigenvalue weighted by Gasteiger charge is 2.05. The van der Waals surface area contributed by atoms with Gasteiger partial charge in [-0.25, -0.2) is 14.2 Å². The molecular formula is C11H11N5. The van der Waals surface area contributed by atoms with Crippen molar-refractivity contribution in [1.82, 2.24) is 24.4 Å². The lowest BCUT2D eigenvalue weighted by Crippen LogP contribution is -2.03. The molecule has 0 amide bonds. The molecule has 0 unspecified atom stereocenters. The van der Waals surface area contributed by atoms with E-state index in [9.17, 15) is 0 Å². The van der Waals surface area contributed by atoms with Gasteiger partial charge in [0.05, 0.1) is 11.9 Å². The number of hydrogen-bond donors (Lipinski definition) is 0. The van der Waals surface area contributed by atoms with Crippen molar-refractivity contribution >= 4 is 5.65 Å². The van der Waals surface area contributed by atoms with Crippen molar-refractivity contribution in [2.45, 2.75) is 13.8 Å². The summed E-state index contributed by atoms with van der Waals surface area (Å²) in [7, 11) is 0. The summed E-state index contributed by atoms with van der Waals surface area (Å²) >= 11 is 0. The predicted octanol–water partition coefficient (Wildman–Crippen LogP) is 1.53. The van der Waals surface area contributed by atoms with Crippen LogP contribution in [0.25, 0.3) is 11.5 Å². The summed E-state index contributed by atoms with van der Waals surface area (Å²) in [5.74, 6) is 0.818. The topological polar surface area (TPSA) is 48.0 Å². The Morgan fingerprint density at radius 1 is 1.19 bits per heavy atom. The fourth-order valence-corrected chi connectivity index (χ4v) is 1.78. The summed E-state index contributed by atoms with van der Waals surface area (Å²) < 4.78 is 3.57. The van der Waals surface area contributed by atoms with Gasteiger partial charge in [-0.1, -0.05) is 0 Å². The maximum Gasteiger partial charge on any atom is 0.157 e. The van der Waals surface area contributed by atoms with E-state index in [0.717, 1.165) is 22.9 Å². The molecular weight excluding hydrogens is 202 g/mol. The van der Waals surface area contributed by atoms with E-state index in [2.05, 4.69) is 15.2 Å². The number of fused-ring (bicyclic) bond motifs is 1. The Morgan fingerprint density at radius 2 is 2.06 bits per heavy atom. The SMILES string of the molecule is Cc1cc(C)n(-c2ccn3nccc3n2)n1. The third-order valence-electron chi connectivity index (χ3n) is 2.47. The lowest BCUT2D eigenvalue weighted by molar-refractivity contribution is 0.798. The molecule has 0 saturated carbocycles. The highest BCUT2D eigenvalue weighted by Crippen LogP contribution is 2.10. The van der Waals surface area contributed by atoms with E-state index >= 15 is 0 Å². The van der Waals surface area contributed by atoms with E-state index in [1.807, 2.05) is 42.9 Å². The summed E-state index contributed by atoms with van der Waals surface area (Å²) in [5.41, 5.74) is 2.89. The Kier molecular flexibility index (Phi) is 1.80. The molecule has 3 heterocycles. The molecule has 0 N–H and O–H groups in total. The van der Waals surface area contributed by atoms with Gasteiger partial charge in [0.2, 0.25) is 0 Å².